The van der Waals surface area contributed by atoms with Crippen molar-refractivity contribution < 1.29 is 13.2 Å². The summed E-state index contributed by atoms with van der Waals surface area (Å²) >= 11 is 0.760. The molecule has 2 rings (SSSR count). The number of nitrogens with zero attached hydrogens (tertiary/aromatic N) is 2. The van der Waals surface area contributed by atoms with E-state index in [4.69, 9.17) is 0 Å². The Kier molecular flexibility index (Phi) is 5.40. The fourth-order valence-corrected chi connectivity index (χ4v) is 3.31. The monoisotopic (exact) mass is 307 g/mol. The van der Waals surface area contributed by atoms with Gasteiger partial charge in [0.1, 0.15) is 9.88 Å². The molecule has 1 fully saturated rings. The van der Waals surface area contributed by atoms with E-state index in [0.717, 1.165) is 55.9 Å². The first kappa shape index (κ1) is 15.7. The van der Waals surface area contributed by atoms with Gasteiger partial charge in [-0.3, -0.25) is 4.90 Å². The van der Waals surface area contributed by atoms with Crippen molar-refractivity contribution in [3.8, 4) is 0 Å². The number of alkyl halides is 3. The van der Waals surface area contributed by atoms with Crippen molar-refractivity contribution in [2.75, 3.05) is 26.7 Å². The molecule has 1 aliphatic rings. The lowest BCUT2D eigenvalue weighted by Crippen LogP contribution is -2.34. The van der Waals surface area contributed by atoms with Crippen molar-refractivity contribution >= 4 is 11.3 Å². The third-order valence-corrected chi connectivity index (χ3v) is 4.73. The molecule has 0 aliphatic carbocycles. The van der Waals surface area contributed by atoms with E-state index in [1.807, 2.05) is 7.05 Å². The summed E-state index contributed by atoms with van der Waals surface area (Å²) in [6.45, 7) is 3.48. The van der Waals surface area contributed by atoms with Crippen LogP contribution in [0.2, 0.25) is 0 Å². The Labute approximate surface area is 121 Å². The summed E-state index contributed by atoms with van der Waals surface area (Å²) < 4.78 is 37.5. The molecule has 1 N–H and O–H groups in total. The van der Waals surface area contributed by atoms with E-state index < -0.39 is 11.1 Å². The van der Waals surface area contributed by atoms with Gasteiger partial charge in [0.25, 0.3) is 0 Å². The molecule has 7 heteroatoms. The molecule has 3 nitrogen and oxygen atoms in total. The van der Waals surface area contributed by atoms with E-state index >= 15 is 0 Å². The summed E-state index contributed by atoms with van der Waals surface area (Å²) in [5.41, 5.74) is 0. The summed E-state index contributed by atoms with van der Waals surface area (Å²) in [4.78, 5) is 5.49. The van der Waals surface area contributed by atoms with E-state index in [-0.39, 0.29) is 0 Å². The van der Waals surface area contributed by atoms with Crippen LogP contribution >= 0.6 is 11.3 Å². The average molecular weight is 307 g/mol. The molecule has 0 amide bonds. The Hall–Kier alpha value is -0.660. The Morgan fingerprint density at radius 3 is 2.65 bits per heavy atom. The molecule has 1 aromatic rings. The van der Waals surface area contributed by atoms with E-state index in [2.05, 4.69) is 15.2 Å². The lowest BCUT2D eigenvalue weighted by atomic mass is 9.93. The van der Waals surface area contributed by atoms with Crippen molar-refractivity contribution in [3.05, 3.63) is 16.1 Å². The van der Waals surface area contributed by atoms with E-state index in [1.54, 1.807) is 0 Å². The van der Waals surface area contributed by atoms with Gasteiger partial charge >= 0.3 is 6.18 Å². The van der Waals surface area contributed by atoms with Crippen LogP contribution < -0.4 is 5.32 Å². The lowest BCUT2D eigenvalue weighted by molar-refractivity contribution is -0.134. The molecule has 0 radical (unpaired) electrons. The normalized spacial score (nSPS) is 18.6. The molecule has 1 aromatic heterocycles. The maximum absolute atomic E-state index is 12.5. The van der Waals surface area contributed by atoms with Gasteiger partial charge in [0.15, 0.2) is 0 Å². The zero-order chi connectivity index (χ0) is 14.6. The predicted octanol–water partition coefficient (Wildman–Crippen LogP) is 2.98. The highest BCUT2D eigenvalue weighted by molar-refractivity contribution is 7.11. The Bertz CT molecular complexity index is 411. The number of piperidine rings is 1. The van der Waals surface area contributed by atoms with Gasteiger partial charge in [-0.2, -0.15) is 13.2 Å². The van der Waals surface area contributed by atoms with Gasteiger partial charge in [-0.05, 0) is 51.9 Å². The van der Waals surface area contributed by atoms with Crippen LogP contribution in [-0.4, -0.2) is 36.6 Å². The molecule has 0 spiro atoms. The minimum atomic E-state index is -4.27. The van der Waals surface area contributed by atoms with Crippen LogP contribution in [0.4, 0.5) is 13.2 Å². The third kappa shape index (κ3) is 4.43. The second kappa shape index (κ2) is 6.87. The number of rotatable bonds is 5. The number of nitrogens with one attached hydrogen (secondary N) is 1. The summed E-state index contributed by atoms with van der Waals surface area (Å²) in [5.74, 6) is 0.737. The van der Waals surface area contributed by atoms with Gasteiger partial charge < -0.3 is 5.32 Å². The Balaban J connectivity index is 1.79. The quantitative estimate of drug-likeness (QED) is 0.906. The smallest absolute Gasteiger partial charge is 0.320 e. The number of hydrogen-bond donors (Lipinski definition) is 1. The number of thiazole rings is 1. The molecule has 1 aliphatic heterocycles. The summed E-state index contributed by atoms with van der Waals surface area (Å²) in [6, 6.07) is 0. The molecular formula is C13H20F3N3S. The van der Waals surface area contributed by atoms with Crippen LogP contribution in [0.5, 0.6) is 0 Å². The van der Waals surface area contributed by atoms with Crippen LogP contribution in [0.3, 0.4) is 0 Å². The highest BCUT2D eigenvalue weighted by atomic mass is 32.1. The van der Waals surface area contributed by atoms with Gasteiger partial charge in [0, 0.05) is 0 Å². The first-order valence-corrected chi connectivity index (χ1v) is 7.69. The summed E-state index contributed by atoms with van der Waals surface area (Å²) in [7, 11) is 1.95. The molecule has 0 aromatic carbocycles. The molecule has 114 valence electrons. The summed E-state index contributed by atoms with van der Waals surface area (Å²) in [6.07, 6.45) is 0.105. The minimum Gasteiger partial charge on any atom is -0.320 e. The van der Waals surface area contributed by atoms with Gasteiger partial charge in [-0.1, -0.05) is 0 Å². The van der Waals surface area contributed by atoms with Crippen molar-refractivity contribution in [1.82, 2.24) is 15.2 Å². The SMILES string of the molecule is CNCCC1CCN(Cc2ncc(C(F)(F)F)s2)CC1. The Morgan fingerprint density at radius 2 is 2.10 bits per heavy atom. The maximum Gasteiger partial charge on any atom is 0.427 e. The minimum absolute atomic E-state index is 0.541. The van der Waals surface area contributed by atoms with Gasteiger partial charge in [0.2, 0.25) is 0 Å². The van der Waals surface area contributed by atoms with Gasteiger partial charge in [-0.15, -0.1) is 11.3 Å². The van der Waals surface area contributed by atoms with Crippen LogP contribution in [0.1, 0.15) is 29.1 Å². The molecular weight excluding hydrogens is 287 g/mol. The van der Waals surface area contributed by atoms with Gasteiger partial charge in [0.05, 0.1) is 12.7 Å². The molecule has 0 saturated carbocycles. The lowest BCUT2D eigenvalue weighted by Gasteiger charge is -2.31. The first-order chi connectivity index (χ1) is 9.49. The van der Waals surface area contributed by atoms with Crippen molar-refractivity contribution in [3.63, 3.8) is 0 Å². The first-order valence-electron chi connectivity index (χ1n) is 6.88. The zero-order valence-electron chi connectivity index (χ0n) is 11.5. The van der Waals surface area contributed by atoms with Crippen molar-refractivity contribution in [2.24, 2.45) is 5.92 Å². The fourth-order valence-electron chi connectivity index (χ4n) is 2.49. The zero-order valence-corrected chi connectivity index (χ0v) is 12.4. The van der Waals surface area contributed by atoms with Crippen LogP contribution in [0.15, 0.2) is 6.20 Å². The largest absolute Gasteiger partial charge is 0.427 e. The van der Waals surface area contributed by atoms with Crippen LogP contribution in [0.25, 0.3) is 0 Å². The van der Waals surface area contributed by atoms with E-state index in [0.29, 0.717) is 11.6 Å². The molecule has 0 bridgehead atoms. The second-order valence-electron chi connectivity index (χ2n) is 5.23. The second-order valence-corrected chi connectivity index (χ2v) is 6.34. The number of likely N-dealkylation sites (tertiary alicyclic amines) is 1. The average Bonchev–Trinajstić information content (AvgIpc) is 2.86. The van der Waals surface area contributed by atoms with E-state index in [9.17, 15) is 13.2 Å². The van der Waals surface area contributed by atoms with Crippen molar-refractivity contribution in [1.29, 1.82) is 0 Å². The van der Waals surface area contributed by atoms with Crippen LogP contribution in [0, 0.1) is 5.92 Å². The third-order valence-electron chi connectivity index (χ3n) is 3.70. The molecule has 1 saturated heterocycles. The van der Waals surface area contributed by atoms with Crippen LogP contribution in [-0.2, 0) is 12.7 Å². The van der Waals surface area contributed by atoms with Crippen molar-refractivity contribution in [2.45, 2.75) is 32.0 Å². The molecule has 0 unspecified atom stereocenters. The highest BCUT2D eigenvalue weighted by Gasteiger charge is 2.33. The fraction of sp³-hybridized carbons (Fsp3) is 0.769. The molecule has 20 heavy (non-hydrogen) atoms. The topological polar surface area (TPSA) is 28.2 Å². The number of aromatic nitrogens is 1. The summed E-state index contributed by atoms with van der Waals surface area (Å²) in [5, 5.41) is 3.72. The number of halogens is 3. The van der Waals surface area contributed by atoms with Gasteiger partial charge in [-0.25, -0.2) is 4.98 Å². The number of hydrogen-bond acceptors (Lipinski definition) is 4. The van der Waals surface area contributed by atoms with E-state index in [1.165, 1.54) is 6.42 Å². The maximum atomic E-state index is 12.5. The molecule has 0 atom stereocenters. The highest BCUT2D eigenvalue weighted by Crippen LogP contribution is 2.34. The Morgan fingerprint density at radius 1 is 1.40 bits per heavy atom. The predicted molar refractivity (Wildman–Crippen MR) is 73.7 cm³/mol. The molecule has 2 heterocycles. The standard InChI is InChI=1S/C13H20F3N3S/c1-17-5-2-10-3-6-19(7-4-10)9-12-18-8-11(20-12)13(14,15)16/h8,10,17H,2-7,9H2,1H3.